The fraction of sp³-hybridized carbons (Fsp3) is 0.424. The lowest BCUT2D eigenvalue weighted by Gasteiger charge is -2.39. The molecule has 2 atom stereocenters. The van der Waals surface area contributed by atoms with E-state index in [1.807, 2.05) is 75.4 Å². The number of carbonyl (C=O) groups is 1. The number of rotatable bonds is 8. The number of nitrogens with zero attached hydrogens (tertiary/aromatic N) is 1. The number of hydrogen-bond acceptors (Lipinski definition) is 6. The topological polar surface area (TPSA) is 77.5 Å². The van der Waals surface area contributed by atoms with Gasteiger partial charge < -0.3 is 24.1 Å². The summed E-state index contributed by atoms with van der Waals surface area (Å²) in [4.78, 5) is 15.8. The highest BCUT2D eigenvalue weighted by molar-refractivity contribution is 6.30. The molecule has 2 aliphatic rings. The molecule has 1 unspecified atom stereocenters. The summed E-state index contributed by atoms with van der Waals surface area (Å²) in [6.45, 7) is 7.04. The number of carbonyl (C=O) groups excluding carboxylic acids is 1. The van der Waals surface area contributed by atoms with Crippen LogP contribution in [0.1, 0.15) is 61.9 Å². The predicted octanol–water partition coefficient (Wildman–Crippen LogP) is 6.46. The van der Waals surface area contributed by atoms with Gasteiger partial charge in [-0.2, -0.15) is 0 Å². The van der Waals surface area contributed by atoms with Gasteiger partial charge in [-0.15, -0.1) is 0 Å². The average Bonchev–Trinajstić information content (AvgIpc) is 2.97. The molecule has 0 spiro atoms. The predicted molar refractivity (Wildman–Crippen MR) is 159 cm³/mol. The third-order valence-corrected chi connectivity index (χ3v) is 8.43. The molecule has 7 nitrogen and oxygen atoms in total. The Hall–Kier alpha value is -3.26. The maximum atomic E-state index is 14.0. The quantitative estimate of drug-likeness (QED) is 0.330. The molecular weight excluding hydrogens is 542 g/mol. The summed E-state index contributed by atoms with van der Waals surface area (Å²) in [5.41, 5.74) is 3.00. The Kier molecular flexibility index (Phi) is 8.50. The van der Waals surface area contributed by atoms with Crippen LogP contribution in [0.15, 0.2) is 54.6 Å². The molecule has 1 N–H and O–H groups in total. The first kappa shape index (κ1) is 29.2. The van der Waals surface area contributed by atoms with E-state index in [0.717, 1.165) is 35.1 Å². The summed E-state index contributed by atoms with van der Waals surface area (Å²) >= 11 is 6.26. The molecular formula is C33H38ClNO6. The minimum atomic E-state index is -1.07. The van der Waals surface area contributed by atoms with Gasteiger partial charge in [0.1, 0.15) is 5.75 Å². The molecule has 41 heavy (non-hydrogen) atoms. The van der Waals surface area contributed by atoms with Crippen molar-refractivity contribution in [3.05, 3.63) is 81.9 Å². The number of halogens is 1. The SMILES string of the molecule is COc1cc2c(cc1OC(C)C)[C@H](c1ccc(Cl)cc1)N(c1ccc(C(C)(O)C3CCOCC3)cc1OC)C(=O)C2. The summed E-state index contributed by atoms with van der Waals surface area (Å²) in [6.07, 6.45) is 1.68. The lowest BCUT2D eigenvalue weighted by atomic mass is 9.78. The Morgan fingerprint density at radius 1 is 0.976 bits per heavy atom. The van der Waals surface area contributed by atoms with Gasteiger partial charge in [0, 0.05) is 18.2 Å². The van der Waals surface area contributed by atoms with Crippen molar-refractivity contribution in [2.24, 2.45) is 5.92 Å². The lowest BCUT2D eigenvalue weighted by molar-refractivity contribution is -0.118. The molecule has 218 valence electrons. The maximum absolute atomic E-state index is 14.0. The van der Waals surface area contributed by atoms with Crippen LogP contribution in [0.3, 0.4) is 0 Å². The second-order valence-electron chi connectivity index (χ2n) is 11.2. The van der Waals surface area contributed by atoms with Gasteiger partial charge in [-0.1, -0.05) is 29.8 Å². The molecule has 0 aliphatic carbocycles. The second-order valence-corrected chi connectivity index (χ2v) is 11.6. The molecule has 8 heteroatoms. The maximum Gasteiger partial charge on any atom is 0.232 e. The third kappa shape index (κ3) is 5.76. The van der Waals surface area contributed by atoms with Gasteiger partial charge in [0.05, 0.1) is 44.1 Å². The lowest BCUT2D eigenvalue weighted by Crippen LogP contribution is -2.41. The summed E-state index contributed by atoms with van der Waals surface area (Å²) in [5, 5.41) is 12.2. The molecule has 1 fully saturated rings. The van der Waals surface area contributed by atoms with Gasteiger partial charge in [-0.05, 0) is 98.2 Å². The van der Waals surface area contributed by atoms with E-state index in [-0.39, 0.29) is 24.3 Å². The van der Waals surface area contributed by atoms with Crippen molar-refractivity contribution in [3.8, 4) is 17.2 Å². The third-order valence-electron chi connectivity index (χ3n) is 8.18. The number of amides is 1. The summed E-state index contributed by atoms with van der Waals surface area (Å²) in [7, 11) is 3.19. The van der Waals surface area contributed by atoms with Crippen molar-refractivity contribution in [1.29, 1.82) is 0 Å². The minimum Gasteiger partial charge on any atom is -0.495 e. The molecule has 0 bridgehead atoms. The van der Waals surface area contributed by atoms with Gasteiger partial charge in [0.2, 0.25) is 5.91 Å². The number of ether oxygens (including phenoxy) is 4. The van der Waals surface area contributed by atoms with Gasteiger partial charge in [-0.25, -0.2) is 0 Å². The van der Waals surface area contributed by atoms with Crippen molar-refractivity contribution in [3.63, 3.8) is 0 Å². The van der Waals surface area contributed by atoms with Crippen molar-refractivity contribution in [2.75, 3.05) is 32.3 Å². The van der Waals surface area contributed by atoms with Crippen LogP contribution in [-0.2, 0) is 21.6 Å². The first-order valence-corrected chi connectivity index (χ1v) is 14.5. The molecule has 5 rings (SSSR count). The molecule has 1 saturated heterocycles. The molecule has 3 aromatic carbocycles. The van der Waals surface area contributed by atoms with Crippen LogP contribution in [0.25, 0.3) is 0 Å². The Balaban J connectivity index is 1.64. The molecule has 0 aromatic heterocycles. The highest BCUT2D eigenvalue weighted by Gasteiger charge is 2.39. The number of aliphatic hydroxyl groups is 1. The van der Waals surface area contributed by atoms with Crippen molar-refractivity contribution in [1.82, 2.24) is 0 Å². The smallest absolute Gasteiger partial charge is 0.232 e. The molecule has 2 heterocycles. The van der Waals surface area contributed by atoms with Crippen LogP contribution in [0.5, 0.6) is 17.2 Å². The van der Waals surface area contributed by atoms with Gasteiger partial charge in [0.25, 0.3) is 0 Å². The fourth-order valence-corrected chi connectivity index (χ4v) is 6.12. The van der Waals surface area contributed by atoms with Gasteiger partial charge >= 0.3 is 0 Å². The Morgan fingerprint density at radius 2 is 1.66 bits per heavy atom. The van der Waals surface area contributed by atoms with Crippen LogP contribution in [0, 0.1) is 5.92 Å². The van der Waals surface area contributed by atoms with E-state index in [2.05, 4.69) is 0 Å². The van der Waals surface area contributed by atoms with E-state index in [9.17, 15) is 9.90 Å². The highest BCUT2D eigenvalue weighted by Crippen LogP contribution is 2.47. The molecule has 2 aliphatic heterocycles. The number of hydrogen-bond donors (Lipinski definition) is 1. The molecule has 3 aromatic rings. The van der Waals surface area contributed by atoms with Crippen LogP contribution >= 0.6 is 11.6 Å². The summed E-state index contributed by atoms with van der Waals surface area (Å²) in [6, 6.07) is 16.6. The number of fused-ring (bicyclic) bond motifs is 1. The Morgan fingerprint density at radius 3 is 2.29 bits per heavy atom. The van der Waals surface area contributed by atoms with Crippen LogP contribution in [-0.4, -0.2) is 44.6 Å². The van der Waals surface area contributed by atoms with E-state index in [1.54, 1.807) is 19.1 Å². The van der Waals surface area contributed by atoms with E-state index < -0.39 is 11.6 Å². The Labute approximate surface area is 246 Å². The van der Waals surface area contributed by atoms with E-state index in [4.69, 9.17) is 30.5 Å². The molecule has 0 radical (unpaired) electrons. The summed E-state index contributed by atoms with van der Waals surface area (Å²) in [5.74, 6) is 1.69. The molecule has 1 amide bonds. The zero-order chi connectivity index (χ0) is 29.3. The standard InChI is InChI=1S/C33H38ClNO6/c1-20(2)41-30-19-26-22(16-29(30)39-5)17-31(36)35(32(26)21-6-9-25(34)10-7-21)27-11-8-24(18-28(27)38-4)33(3,37)23-12-14-40-15-13-23/h6-11,16,18-20,23,32,37H,12-15,17H2,1-5H3/t32-,33?/m0/s1. The monoisotopic (exact) mass is 579 g/mol. The van der Waals surface area contributed by atoms with E-state index in [0.29, 0.717) is 41.2 Å². The Bertz CT molecular complexity index is 1400. The van der Waals surface area contributed by atoms with Crippen LogP contribution in [0.4, 0.5) is 5.69 Å². The van der Waals surface area contributed by atoms with Crippen LogP contribution < -0.4 is 19.1 Å². The zero-order valence-corrected chi connectivity index (χ0v) is 25.0. The first-order chi connectivity index (χ1) is 19.6. The van der Waals surface area contributed by atoms with Crippen molar-refractivity contribution >= 4 is 23.2 Å². The average molecular weight is 580 g/mol. The van der Waals surface area contributed by atoms with E-state index >= 15 is 0 Å². The van der Waals surface area contributed by atoms with Crippen molar-refractivity contribution < 1.29 is 28.8 Å². The minimum absolute atomic E-state index is 0.0616. The molecule has 0 saturated carbocycles. The summed E-state index contributed by atoms with van der Waals surface area (Å²) < 4.78 is 23.1. The largest absolute Gasteiger partial charge is 0.495 e. The number of benzene rings is 3. The fourth-order valence-electron chi connectivity index (χ4n) is 6.00. The normalized spacial score (nSPS) is 19.1. The van der Waals surface area contributed by atoms with Crippen LogP contribution in [0.2, 0.25) is 5.02 Å². The number of methoxy groups -OCH3 is 2. The van der Waals surface area contributed by atoms with Gasteiger partial charge in [0.15, 0.2) is 11.5 Å². The van der Waals surface area contributed by atoms with Gasteiger partial charge in [-0.3, -0.25) is 9.69 Å². The number of anilines is 1. The zero-order valence-electron chi connectivity index (χ0n) is 24.3. The second kappa shape index (κ2) is 11.9. The highest BCUT2D eigenvalue weighted by atomic mass is 35.5. The van der Waals surface area contributed by atoms with Crippen molar-refractivity contribution in [2.45, 2.75) is 57.8 Å². The van der Waals surface area contributed by atoms with E-state index in [1.165, 1.54) is 0 Å². The first-order valence-electron chi connectivity index (χ1n) is 14.1.